The van der Waals surface area contributed by atoms with Gasteiger partial charge in [0.25, 0.3) is 0 Å². The molecule has 2 nitrogen and oxygen atoms in total. The van der Waals surface area contributed by atoms with Gasteiger partial charge in [0.05, 0.1) is 0 Å². The van der Waals surface area contributed by atoms with Crippen molar-refractivity contribution in [2.75, 3.05) is 13.1 Å². The van der Waals surface area contributed by atoms with Crippen molar-refractivity contribution in [3.05, 3.63) is 35.1 Å². The maximum absolute atomic E-state index is 13.8. The lowest BCUT2D eigenvalue weighted by Crippen LogP contribution is -2.23. The van der Waals surface area contributed by atoms with Gasteiger partial charge in [-0.25, -0.2) is 4.39 Å². The molecular formula is C15H23FN2. The first-order valence-corrected chi connectivity index (χ1v) is 6.96. The molecule has 0 aromatic heterocycles. The zero-order chi connectivity index (χ0) is 13.0. The summed E-state index contributed by atoms with van der Waals surface area (Å²) in [6.07, 6.45) is 2.57. The van der Waals surface area contributed by atoms with E-state index in [1.807, 2.05) is 12.1 Å². The summed E-state index contributed by atoms with van der Waals surface area (Å²) in [5.74, 6) is -0.0860. The standard InChI is InChI=1S/C15H23FN2/c1-3-18(4-2)11-13-9-12(5-8-15(13)16)10-17-14-6-7-14/h5,8-9,14,17H,3-4,6-7,10-11H2,1-2H3. The van der Waals surface area contributed by atoms with Gasteiger partial charge in [-0.1, -0.05) is 26.0 Å². The lowest BCUT2D eigenvalue weighted by atomic mass is 10.1. The summed E-state index contributed by atoms with van der Waals surface area (Å²) < 4.78 is 13.8. The Kier molecular flexibility index (Phi) is 4.72. The van der Waals surface area contributed by atoms with Crippen molar-refractivity contribution in [3.8, 4) is 0 Å². The molecule has 0 radical (unpaired) electrons. The minimum atomic E-state index is -0.0860. The minimum absolute atomic E-state index is 0.0860. The summed E-state index contributed by atoms with van der Waals surface area (Å²) in [6.45, 7) is 7.70. The number of nitrogens with one attached hydrogen (secondary N) is 1. The average molecular weight is 250 g/mol. The predicted molar refractivity (Wildman–Crippen MR) is 72.9 cm³/mol. The quantitative estimate of drug-likeness (QED) is 0.800. The third-order valence-corrected chi connectivity index (χ3v) is 3.57. The molecule has 1 fully saturated rings. The number of halogens is 1. The molecule has 18 heavy (non-hydrogen) atoms. The molecule has 0 spiro atoms. The van der Waals surface area contributed by atoms with Gasteiger partial charge >= 0.3 is 0 Å². The third kappa shape index (κ3) is 3.79. The van der Waals surface area contributed by atoms with Crippen LogP contribution in [0.25, 0.3) is 0 Å². The van der Waals surface area contributed by atoms with Crippen molar-refractivity contribution in [3.63, 3.8) is 0 Å². The summed E-state index contributed by atoms with van der Waals surface area (Å²) in [5, 5.41) is 3.46. The van der Waals surface area contributed by atoms with Crippen molar-refractivity contribution in [2.24, 2.45) is 0 Å². The van der Waals surface area contributed by atoms with Crippen molar-refractivity contribution in [2.45, 2.75) is 45.8 Å². The Balaban J connectivity index is 2.00. The highest BCUT2D eigenvalue weighted by molar-refractivity contribution is 5.25. The van der Waals surface area contributed by atoms with Crippen molar-refractivity contribution < 1.29 is 4.39 Å². The van der Waals surface area contributed by atoms with E-state index in [4.69, 9.17) is 0 Å². The van der Waals surface area contributed by atoms with Crippen LogP contribution in [0.2, 0.25) is 0 Å². The fraction of sp³-hybridized carbons (Fsp3) is 0.600. The van der Waals surface area contributed by atoms with Crippen LogP contribution in [0.4, 0.5) is 4.39 Å². The van der Waals surface area contributed by atoms with E-state index in [1.165, 1.54) is 18.4 Å². The Labute approximate surface area is 109 Å². The first-order valence-electron chi connectivity index (χ1n) is 6.96. The smallest absolute Gasteiger partial charge is 0.127 e. The monoisotopic (exact) mass is 250 g/mol. The average Bonchev–Trinajstić information content (AvgIpc) is 3.20. The van der Waals surface area contributed by atoms with Gasteiger partial charge in [0.1, 0.15) is 5.82 Å². The zero-order valence-electron chi connectivity index (χ0n) is 11.4. The summed E-state index contributed by atoms with van der Waals surface area (Å²) in [4.78, 5) is 2.23. The van der Waals surface area contributed by atoms with Gasteiger partial charge in [0.15, 0.2) is 0 Å². The molecule has 1 saturated carbocycles. The first kappa shape index (κ1) is 13.5. The maximum Gasteiger partial charge on any atom is 0.127 e. The molecule has 100 valence electrons. The molecule has 0 heterocycles. The van der Waals surface area contributed by atoms with E-state index in [-0.39, 0.29) is 5.82 Å². The van der Waals surface area contributed by atoms with E-state index in [9.17, 15) is 4.39 Å². The van der Waals surface area contributed by atoms with Gasteiger partial charge in [-0.3, -0.25) is 4.90 Å². The zero-order valence-corrected chi connectivity index (χ0v) is 11.4. The van der Waals surface area contributed by atoms with E-state index in [2.05, 4.69) is 24.1 Å². The molecule has 1 aromatic carbocycles. The summed E-state index contributed by atoms with van der Waals surface area (Å²) >= 11 is 0. The van der Waals surface area contributed by atoms with Crippen LogP contribution in [-0.2, 0) is 13.1 Å². The second kappa shape index (κ2) is 6.30. The van der Waals surface area contributed by atoms with Crippen molar-refractivity contribution in [1.29, 1.82) is 0 Å². The maximum atomic E-state index is 13.8. The topological polar surface area (TPSA) is 15.3 Å². The van der Waals surface area contributed by atoms with Crippen LogP contribution in [0, 0.1) is 5.82 Å². The Hall–Kier alpha value is -0.930. The molecule has 3 heteroatoms. The van der Waals surface area contributed by atoms with Crippen LogP contribution in [0.3, 0.4) is 0 Å². The van der Waals surface area contributed by atoms with Gasteiger partial charge < -0.3 is 5.32 Å². The van der Waals surface area contributed by atoms with Gasteiger partial charge in [-0.05, 0) is 37.6 Å². The molecule has 1 aliphatic carbocycles. The molecule has 0 amide bonds. The minimum Gasteiger partial charge on any atom is -0.310 e. The van der Waals surface area contributed by atoms with Crippen LogP contribution >= 0.6 is 0 Å². The Morgan fingerprint density at radius 2 is 2.00 bits per heavy atom. The highest BCUT2D eigenvalue weighted by Crippen LogP contribution is 2.20. The largest absolute Gasteiger partial charge is 0.310 e. The molecule has 0 unspecified atom stereocenters. The Bertz CT molecular complexity index is 384. The fourth-order valence-electron chi connectivity index (χ4n) is 2.10. The van der Waals surface area contributed by atoms with Gasteiger partial charge in [-0.2, -0.15) is 0 Å². The van der Waals surface area contributed by atoms with E-state index < -0.39 is 0 Å². The van der Waals surface area contributed by atoms with E-state index >= 15 is 0 Å². The summed E-state index contributed by atoms with van der Waals surface area (Å²) in [6, 6.07) is 6.18. The Morgan fingerprint density at radius 3 is 2.61 bits per heavy atom. The van der Waals surface area contributed by atoms with Crippen LogP contribution in [0.15, 0.2) is 18.2 Å². The summed E-state index contributed by atoms with van der Waals surface area (Å²) in [5.41, 5.74) is 2.00. The first-order chi connectivity index (χ1) is 8.72. The number of rotatable bonds is 7. The highest BCUT2D eigenvalue weighted by Gasteiger charge is 2.20. The lowest BCUT2D eigenvalue weighted by molar-refractivity contribution is 0.291. The van der Waals surface area contributed by atoms with E-state index in [1.54, 1.807) is 6.07 Å². The predicted octanol–water partition coefficient (Wildman–Crippen LogP) is 2.92. The second-order valence-electron chi connectivity index (χ2n) is 5.04. The van der Waals surface area contributed by atoms with Crippen LogP contribution in [0.1, 0.15) is 37.8 Å². The fourth-order valence-corrected chi connectivity index (χ4v) is 2.10. The molecule has 1 aromatic rings. The van der Waals surface area contributed by atoms with Crippen molar-refractivity contribution >= 4 is 0 Å². The Morgan fingerprint density at radius 1 is 1.28 bits per heavy atom. The molecule has 1 aliphatic rings. The van der Waals surface area contributed by atoms with E-state index in [0.717, 1.165) is 25.2 Å². The lowest BCUT2D eigenvalue weighted by Gasteiger charge is -2.19. The SMILES string of the molecule is CCN(CC)Cc1cc(CNC2CC2)ccc1F. The molecular weight excluding hydrogens is 227 g/mol. The van der Waals surface area contributed by atoms with Gasteiger partial charge in [0, 0.05) is 24.7 Å². The third-order valence-electron chi connectivity index (χ3n) is 3.57. The molecule has 1 N–H and O–H groups in total. The van der Waals surface area contributed by atoms with Crippen LogP contribution in [0.5, 0.6) is 0 Å². The van der Waals surface area contributed by atoms with Crippen LogP contribution < -0.4 is 5.32 Å². The van der Waals surface area contributed by atoms with Crippen molar-refractivity contribution in [1.82, 2.24) is 10.2 Å². The molecule has 0 aliphatic heterocycles. The van der Waals surface area contributed by atoms with Crippen LogP contribution in [-0.4, -0.2) is 24.0 Å². The number of nitrogens with zero attached hydrogens (tertiary/aromatic N) is 1. The molecule has 2 rings (SSSR count). The number of hydrogen-bond donors (Lipinski definition) is 1. The summed E-state index contributed by atoms with van der Waals surface area (Å²) in [7, 11) is 0. The normalized spacial score (nSPS) is 15.3. The molecule has 0 bridgehead atoms. The van der Waals surface area contributed by atoms with Gasteiger partial charge in [0.2, 0.25) is 0 Å². The number of benzene rings is 1. The van der Waals surface area contributed by atoms with E-state index in [0.29, 0.717) is 12.6 Å². The van der Waals surface area contributed by atoms with Gasteiger partial charge in [-0.15, -0.1) is 0 Å². The molecule has 0 atom stereocenters. The molecule has 0 saturated heterocycles. The highest BCUT2D eigenvalue weighted by atomic mass is 19.1. The number of hydrogen-bond acceptors (Lipinski definition) is 2. The second-order valence-corrected chi connectivity index (χ2v) is 5.04.